The first-order valence-corrected chi connectivity index (χ1v) is 13.0. The molecule has 1 fully saturated rings. The monoisotopic (exact) mass is 575 g/mol. The molecule has 0 saturated carbocycles. The molecule has 4 aromatic rings. The lowest BCUT2D eigenvalue weighted by molar-refractivity contribution is -0.119. The van der Waals surface area contributed by atoms with Gasteiger partial charge in [0.25, 0.3) is 0 Å². The number of nitrogens with zero attached hydrogens (tertiary/aromatic N) is 3. The minimum Gasteiger partial charge on any atom is -0.375 e. The van der Waals surface area contributed by atoms with E-state index in [0.29, 0.717) is 5.11 Å². The minimum absolute atomic E-state index is 0.00173. The van der Waals surface area contributed by atoms with Crippen LogP contribution in [0.3, 0.4) is 0 Å². The topological polar surface area (TPSA) is 71.4 Å². The Hall–Kier alpha value is -3.53. The molecular formula is C28H26BrN5O2S. The predicted octanol–water partition coefficient (Wildman–Crippen LogP) is 5.71. The lowest BCUT2D eigenvalue weighted by atomic mass is 10.00. The smallest absolute Gasteiger partial charge is 0.250 e. The Balaban J connectivity index is 1.59. The largest absolute Gasteiger partial charge is 0.375 e. The first-order valence-electron chi connectivity index (χ1n) is 11.8. The van der Waals surface area contributed by atoms with Crippen LogP contribution in [0.1, 0.15) is 29.0 Å². The summed E-state index contributed by atoms with van der Waals surface area (Å²) in [5.41, 5.74) is 5.59. The molecule has 2 atom stereocenters. The van der Waals surface area contributed by atoms with E-state index in [9.17, 15) is 4.79 Å². The molecule has 188 valence electrons. The first kappa shape index (κ1) is 25.1. The van der Waals surface area contributed by atoms with Crippen LogP contribution in [-0.4, -0.2) is 34.3 Å². The van der Waals surface area contributed by atoms with Crippen LogP contribution < -0.4 is 15.5 Å². The number of methoxy groups -OCH3 is 1. The highest BCUT2D eigenvalue weighted by Crippen LogP contribution is 2.43. The van der Waals surface area contributed by atoms with E-state index in [-0.39, 0.29) is 24.6 Å². The lowest BCUT2D eigenvalue weighted by Gasteiger charge is -2.29. The number of pyridine rings is 1. The zero-order chi connectivity index (χ0) is 25.9. The van der Waals surface area contributed by atoms with E-state index in [0.717, 1.165) is 38.5 Å². The van der Waals surface area contributed by atoms with Gasteiger partial charge in [-0.25, -0.2) is 0 Å². The maximum Gasteiger partial charge on any atom is 0.250 e. The third-order valence-corrected chi connectivity index (χ3v) is 7.11. The van der Waals surface area contributed by atoms with Gasteiger partial charge in [-0.05, 0) is 85.4 Å². The number of aromatic nitrogens is 2. The van der Waals surface area contributed by atoms with Gasteiger partial charge in [0.2, 0.25) is 5.91 Å². The standard InChI is InChI=1S/C28H26BrN5O2S/c1-18-15-21(11-12-22(18)31-25(35)17-36-2)34-27(26(32-28(34)37)23-9-3-4-13-30-23)24-10-6-14-33(24)20-8-5-7-19(29)16-20/h3-16,26-27H,17H2,1-2H3,(H,31,35)(H,32,37)/t26-,27+/m1/s1. The van der Waals surface area contributed by atoms with Gasteiger partial charge >= 0.3 is 0 Å². The number of nitrogens with one attached hydrogen (secondary N) is 2. The number of hydrogen-bond acceptors (Lipinski definition) is 4. The second kappa shape index (κ2) is 10.8. The lowest BCUT2D eigenvalue weighted by Crippen LogP contribution is -2.30. The van der Waals surface area contributed by atoms with Crippen LogP contribution in [0.4, 0.5) is 11.4 Å². The normalized spacial score (nSPS) is 17.1. The Kier molecular flexibility index (Phi) is 7.36. The van der Waals surface area contributed by atoms with Crippen LogP contribution in [0.15, 0.2) is 89.7 Å². The van der Waals surface area contributed by atoms with E-state index < -0.39 is 0 Å². The van der Waals surface area contributed by atoms with Crippen molar-refractivity contribution in [3.63, 3.8) is 0 Å². The van der Waals surface area contributed by atoms with Gasteiger partial charge < -0.3 is 24.8 Å². The van der Waals surface area contributed by atoms with Gasteiger partial charge in [-0.3, -0.25) is 9.78 Å². The highest BCUT2D eigenvalue weighted by Gasteiger charge is 2.42. The molecule has 0 bridgehead atoms. The fourth-order valence-corrected chi connectivity index (χ4v) is 5.42. The van der Waals surface area contributed by atoms with Crippen LogP contribution in [0, 0.1) is 6.92 Å². The van der Waals surface area contributed by atoms with Crippen molar-refractivity contribution in [1.29, 1.82) is 0 Å². The van der Waals surface area contributed by atoms with Crippen molar-refractivity contribution < 1.29 is 9.53 Å². The summed E-state index contributed by atoms with van der Waals surface area (Å²) < 4.78 is 8.13. The van der Waals surface area contributed by atoms with Gasteiger partial charge in [0.15, 0.2) is 5.11 Å². The number of amides is 1. The maximum absolute atomic E-state index is 12.1. The van der Waals surface area contributed by atoms with Crippen LogP contribution in [-0.2, 0) is 9.53 Å². The number of thiocarbonyl (C=S) groups is 1. The number of carbonyl (C=O) groups is 1. The van der Waals surface area contributed by atoms with Gasteiger partial charge in [-0.2, -0.15) is 0 Å². The summed E-state index contributed by atoms with van der Waals surface area (Å²) in [5.74, 6) is -0.198. The Bertz CT molecular complexity index is 1440. The molecule has 1 saturated heterocycles. The van der Waals surface area contributed by atoms with E-state index in [1.54, 1.807) is 6.20 Å². The zero-order valence-electron chi connectivity index (χ0n) is 20.4. The van der Waals surface area contributed by atoms with E-state index in [4.69, 9.17) is 17.0 Å². The highest BCUT2D eigenvalue weighted by molar-refractivity contribution is 9.10. The van der Waals surface area contributed by atoms with Crippen LogP contribution in [0.5, 0.6) is 0 Å². The molecular weight excluding hydrogens is 550 g/mol. The van der Waals surface area contributed by atoms with Gasteiger partial charge in [0.05, 0.1) is 11.7 Å². The summed E-state index contributed by atoms with van der Waals surface area (Å²) in [6.45, 7) is 1.97. The molecule has 9 heteroatoms. The molecule has 1 aliphatic rings. The van der Waals surface area contributed by atoms with Crippen molar-refractivity contribution in [3.05, 3.63) is 107 Å². The van der Waals surface area contributed by atoms with E-state index in [1.807, 2.05) is 61.5 Å². The fraction of sp³-hybridized carbons (Fsp3) is 0.179. The average Bonchev–Trinajstić information content (AvgIpc) is 3.50. The van der Waals surface area contributed by atoms with Crippen molar-refractivity contribution in [3.8, 4) is 5.69 Å². The van der Waals surface area contributed by atoms with Crippen molar-refractivity contribution in [2.45, 2.75) is 19.0 Å². The van der Waals surface area contributed by atoms with Crippen LogP contribution in [0.25, 0.3) is 5.69 Å². The Morgan fingerprint density at radius 2 is 1.97 bits per heavy atom. The summed E-state index contributed by atoms with van der Waals surface area (Å²) in [5, 5.41) is 7.03. The van der Waals surface area contributed by atoms with Crippen LogP contribution >= 0.6 is 28.1 Å². The van der Waals surface area contributed by atoms with E-state index in [1.165, 1.54) is 7.11 Å². The number of carbonyl (C=O) groups excluding carboxylic acids is 1. The summed E-state index contributed by atoms with van der Waals surface area (Å²) >= 11 is 9.50. The van der Waals surface area contributed by atoms with Crippen LogP contribution in [0.2, 0.25) is 0 Å². The predicted molar refractivity (Wildman–Crippen MR) is 153 cm³/mol. The Morgan fingerprint density at radius 1 is 1.11 bits per heavy atom. The molecule has 0 radical (unpaired) electrons. The quantitative estimate of drug-likeness (QED) is 0.275. The minimum atomic E-state index is -0.198. The van der Waals surface area contributed by atoms with Gasteiger partial charge in [0.1, 0.15) is 12.6 Å². The number of halogens is 1. The Morgan fingerprint density at radius 3 is 2.70 bits per heavy atom. The van der Waals surface area contributed by atoms with Crippen molar-refractivity contribution >= 4 is 50.5 Å². The molecule has 37 heavy (non-hydrogen) atoms. The van der Waals surface area contributed by atoms with E-state index in [2.05, 4.69) is 65.4 Å². The average molecular weight is 577 g/mol. The zero-order valence-corrected chi connectivity index (χ0v) is 22.8. The number of rotatable bonds is 7. The molecule has 2 aromatic carbocycles. The number of hydrogen-bond donors (Lipinski definition) is 2. The molecule has 0 unspecified atom stereocenters. The fourth-order valence-electron chi connectivity index (χ4n) is 4.68. The van der Waals surface area contributed by atoms with Crippen molar-refractivity contribution in [2.75, 3.05) is 23.9 Å². The summed E-state index contributed by atoms with van der Waals surface area (Å²) in [4.78, 5) is 18.9. The number of benzene rings is 2. The second-order valence-corrected chi connectivity index (χ2v) is 10.1. The van der Waals surface area contributed by atoms with Gasteiger partial charge in [0, 0.05) is 46.7 Å². The first-order chi connectivity index (χ1) is 18.0. The molecule has 3 heterocycles. The second-order valence-electron chi connectivity index (χ2n) is 8.76. The number of aryl methyl sites for hydroxylation is 1. The SMILES string of the molecule is COCC(=O)Nc1ccc(N2C(=S)N[C@H](c3ccccn3)[C@@H]2c2cccn2-c2cccc(Br)c2)cc1C. The third kappa shape index (κ3) is 5.16. The van der Waals surface area contributed by atoms with Gasteiger partial charge in [-0.15, -0.1) is 0 Å². The number of anilines is 2. The van der Waals surface area contributed by atoms with Crippen molar-refractivity contribution in [2.24, 2.45) is 0 Å². The molecule has 2 N–H and O–H groups in total. The summed E-state index contributed by atoms with van der Waals surface area (Å²) in [6, 6.07) is 23.9. The molecule has 1 amide bonds. The molecule has 1 aliphatic heterocycles. The third-order valence-electron chi connectivity index (χ3n) is 6.31. The molecule has 7 nitrogen and oxygen atoms in total. The van der Waals surface area contributed by atoms with E-state index >= 15 is 0 Å². The number of ether oxygens (including phenoxy) is 1. The Labute approximate surface area is 229 Å². The van der Waals surface area contributed by atoms with Crippen molar-refractivity contribution in [1.82, 2.24) is 14.9 Å². The summed E-state index contributed by atoms with van der Waals surface area (Å²) in [6.07, 6.45) is 3.86. The molecule has 2 aromatic heterocycles. The molecule has 5 rings (SSSR count). The molecule has 0 aliphatic carbocycles. The molecule has 0 spiro atoms. The maximum atomic E-state index is 12.1. The highest BCUT2D eigenvalue weighted by atomic mass is 79.9. The summed E-state index contributed by atoms with van der Waals surface area (Å²) in [7, 11) is 1.50. The van der Waals surface area contributed by atoms with Gasteiger partial charge in [-0.1, -0.05) is 28.1 Å².